The van der Waals surface area contributed by atoms with Crippen molar-refractivity contribution in [2.45, 2.75) is 32.4 Å². The number of aromatic nitrogens is 3. The number of nitrogens with zero attached hydrogens (tertiary/aromatic N) is 4. The molecule has 148 valence electrons. The van der Waals surface area contributed by atoms with Gasteiger partial charge >= 0.3 is 0 Å². The summed E-state index contributed by atoms with van der Waals surface area (Å²) in [5, 5.41) is 5.94. The number of benzene rings is 1. The van der Waals surface area contributed by atoms with Crippen LogP contribution in [0.1, 0.15) is 19.8 Å². The molecular weight excluding hydrogens is 371 g/mol. The first kappa shape index (κ1) is 20.0. The maximum Gasteiger partial charge on any atom is 0.182 e. The van der Waals surface area contributed by atoms with E-state index in [1.165, 1.54) is 0 Å². The second-order valence-corrected chi connectivity index (χ2v) is 7.27. The Kier molecular flexibility index (Phi) is 6.01. The molecule has 1 aromatic carbocycles. The van der Waals surface area contributed by atoms with E-state index in [1.54, 1.807) is 18.3 Å². The Morgan fingerprint density at radius 3 is 2.87 bits per heavy atom. The van der Waals surface area contributed by atoms with E-state index in [9.17, 15) is 0 Å². The number of hydrogen-bond acceptors (Lipinski definition) is 4. The van der Waals surface area contributed by atoms with Crippen molar-refractivity contribution >= 4 is 18.9 Å². The van der Waals surface area contributed by atoms with E-state index < -0.39 is 0 Å². The summed E-state index contributed by atoms with van der Waals surface area (Å²) in [5.41, 5.74) is 2.98. The van der Waals surface area contributed by atoms with Gasteiger partial charge in [0.1, 0.15) is 17.2 Å². The average molecular weight is 394 g/mol. The zero-order valence-electron chi connectivity index (χ0n) is 17.0. The van der Waals surface area contributed by atoms with Crippen molar-refractivity contribution in [2.75, 3.05) is 6.54 Å². The minimum Gasteiger partial charge on any atom is -0.458 e. The van der Waals surface area contributed by atoms with Crippen molar-refractivity contribution < 1.29 is 4.74 Å². The highest BCUT2D eigenvalue weighted by molar-refractivity contribution is 6.04. The van der Waals surface area contributed by atoms with Crippen molar-refractivity contribution in [2.24, 2.45) is 0 Å². The molecule has 0 aliphatic carbocycles. The van der Waals surface area contributed by atoms with Gasteiger partial charge in [-0.05, 0) is 74.9 Å². The number of ether oxygens (including phenoxy) is 1. The fourth-order valence-electron chi connectivity index (χ4n) is 3.77. The molecule has 0 bridgehead atoms. The third-order valence-electron chi connectivity index (χ3n) is 5.35. The molecule has 1 aliphatic heterocycles. The van der Waals surface area contributed by atoms with Gasteiger partial charge in [-0.25, -0.2) is 0 Å². The van der Waals surface area contributed by atoms with Crippen LogP contribution in [0, 0.1) is 12.3 Å². The Labute approximate surface area is 178 Å². The van der Waals surface area contributed by atoms with Gasteiger partial charge in [0.15, 0.2) is 7.98 Å². The van der Waals surface area contributed by atoms with Gasteiger partial charge in [-0.3, -0.25) is 9.67 Å². The summed E-state index contributed by atoms with van der Waals surface area (Å²) >= 11 is 0. The molecule has 1 unspecified atom stereocenters. The molecule has 4 rings (SSSR count). The van der Waals surface area contributed by atoms with E-state index in [2.05, 4.69) is 15.6 Å². The molecule has 0 amide bonds. The molecule has 0 spiro atoms. The minimum atomic E-state index is 0.306. The van der Waals surface area contributed by atoms with E-state index in [-0.39, 0.29) is 0 Å². The summed E-state index contributed by atoms with van der Waals surface area (Å²) in [7, 11) is 6.13. The molecule has 3 heterocycles. The largest absolute Gasteiger partial charge is 0.458 e. The van der Waals surface area contributed by atoms with Crippen molar-refractivity contribution in [1.29, 1.82) is 0 Å². The fraction of sp³-hybridized carbons (Fsp3) is 0.250. The zero-order valence-corrected chi connectivity index (χ0v) is 17.0. The molecule has 6 heteroatoms. The molecule has 5 nitrogen and oxygen atoms in total. The number of fused-ring (bicyclic) bond motifs is 1. The summed E-state index contributed by atoms with van der Waals surface area (Å²) < 4.78 is 7.92. The maximum absolute atomic E-state index is 6.13. The number of terminal acetylenes is 1. The number of rotatable bonds is 6. The fourth-order valence-corrected chi connectivity index (χ4v) is 3.77. The maximum atomic E-state index is 6.13. The number of allylic oxidation sites excluding steroid dienone is 3. The minimum absolute atomic E-state index is 0.306. The summed E-state index contributed by atoms with van der Waals surface area (Å²) in [5.74, 6) is 3.90. The van der Waals surface area contributed by atoms with Gasteiger partial charge in [0.05, 0.1) is 12.1 Å². The Bertz CT molecular complexity index is 1120. The van der Waals surface area contributed by atoms with Gasteiger partial charge in [0, 0.05) is 29.4 Å². The Balaban J connectivity index is 1.61. The molecule has 1 saturated heterocycles. The molecule has 2 aromatic heterocycles. The van der Waals surface area contributed by atoms with E-state index in [1.807, 2.05) is 54.3 Å². The highest BCUT2D eigenvalue weighted by Gasteiger charge is 2.22. The summed E-state index contributed by atoms with van der Waals surface area (Å²) in [6, 6.07) is 10.2. The average Bonchev–Trinajstić information content (AvgIpc) is 3.35. The van der Waals surface area contributed by atoms with Crippen LogP contribution in [0.5, 0.6) is 5.75 Å². The summed E-state index contributed by atoms with van der Waals surface area (Å²) in [6.07, 6.45) is 16.4. The normalized spacial score (nSPS) is 17.6. The number of pyridine rings is 1. The molecule has 3 aromatic rings. The van der Waals surface area contributed by atoms with Gasteiger partial charge in [-0.2, -0.15) is 5.10 Å². The second-order valence-electron chi connectivity index (χ2n) is 7.27. The van der Waals surface area contributed by atoms with Gasteiger partial charge in [0.25, 0.3) is 0 Å². The lowest BCUT2D eigenvalue weighted by Gasteiger charge is -2.20. The molecule has 0 saturated carbocycles. The highest BCUT2D eigenvalue weighted by Crippen LogP contribution is 2.30. The highest BCUT2D eigenvalue weighted by atomic mass is 16.5. The Hall–Kier alpha value is -3.30. The van der Waals surface area contributed by atoms with Crippen LogP contribution in [0.2, 0.25) is 0 Å². The van der Waals surface area contributed by atoms with Crippen LogP contribution in [0.4, 0.5) is 0 Å². The molecule has 30 heavy (non-hydrogen) atoms. The second kappa shape index (κ2) is 9.02. The molecule has 1 fully saturated rings. The van der Waals surface area contributed by atoms with Crippen LogP contribution < -0.4 is 4.74 Å². The van der Waals surface area contributed by atoms with E-state index in [0.717, 1.165) is 53.8 Å². The van der Waals surface area contributed by atoms with Gasteiger partial charge < -0.3 is 9.55 Å². The first-order valence-electron chi connectivity index (χ1n) is 10.1. The third-order valence-corrected chi connectivity index (χ3v) is 5.35. The SMILES string of the molecule is [B]N1CCCC1Cn1nc(-c2ccc(OC(/C=C\C#C)=C/C)cc2)c2cnccc21. The predicted octanol–water partition coefficient (Wildman–Crippen LogP) is 4.12. The van der Waals surface area contributed by atoms with Crippen molar-refractivity contribution in [3.8, 4) is 29.4 Å². The quantitative estimate of drug-likeness (QED) is 0.273. The predicted molar refractivity (Wildman–Crippen MR) is 121 cm³/mol. The Morgan fingerprint density at radius 2 is 2.17 bits per heavy atom. The topological polar surface area (TPSA) is 43.2 Å². The van der Waals surface area contributed by atoms with Crippen LogP contribution in [0.3, 0.4) is 0 Å². The first-order valence-corrected chi connectivity index (χ1v) is 10.1. The summed E-state index contributed by atoms with van der Waals surface area (Å²) in [4.78, 5) is 6.24. The molecule has 2 radical (unpaired) electrons. The van der Waals surface area contributed by atoms with E-state index in [0.29, 0.717) is 11.8 Å². The van der Waals surface area contributed by atoms with Crippen molar-refractivity contribution in [3.63, 3.8) is 0 Å². The van der Waals surface area contributed by atoms with Crippen molar-refractivity contribution in [3.05, 3.63) is 66.7 Å². The lowest BCUT2D eigenvalue weighted by Crippen LogP contribution is -2.30. The Morgan fingerprint density at radius 1 is 1.33 bits per heavy atom. The molecule has 1 aliphatic rings. The van der Waals surface area contributed by atoms with Gasteiger partial charge in [-0.1, -0.05) is 5.92 Å². The van der Waals surface area contributed by atoms with Crippen LogP contribution in [0.15, 0.2) is 66.7 Å². The van der Waals surface area contributed by atoms with Crippen LogP contribution in [-0.2, 0) is 6.54 Å². The van der Waals surface area contributed by atoms with Crippen LogP contribution in [0.25, 0.3) is 22.2 Å². The van der Waals surface area contributed by atoms with Gasteiger partial charge in [0.2, 0.25) is 0 Å². The smallest absolute Gasteiger partial charge is 0.182 e. The zero-order chi connectivity index (χ0) is 20.9. The van der Waals surface area contributed by atoms with E-state index in [4.69, 9.17) is 24.2 Å². The van der Waals surface area contributed by atoms with E-state index >= 15 is 0 Å². The monoisotopic (exact) mass is 394 g/mol. The van der Waals surface area contributed by atoms with Gasteiger partial charge in [-0.15, -0.1) is 6.42 Å². The lowest BCUT2D eigenvalue weighted by molar-refractivity contribution is 0.364. The third kappa shape index (κ3) is 4.17. The summed E-state index contributed by atoms with van der Waals surface area (Å²) in [6.45, 7) is 3.61. The van der Waals surface area contributed by atoms with Crippen LogP contribution >= 0.6 is 0 Å². The first-order chi connectivity index (χ1) is 14.7. The standard InChI is InChI=1S/C24H23BN4O/c1-3-5-8-20(4-2)30-21-11-9-18(10-12-21)24-22-16-26-14-13-23(22)29(27-24)17-19-7-6-15-28(19)25/h1,4-5,8-14,16,19H,6-7,15,17H2,2H3/b8-5-,20-4+. The van der Waals surface area contributed by atoms with Crippen molar-refractivity contribution in [1.82, 2.24) is 19.6 Å². The molecular formula is C24H23BN4O. The molecule has 1 atom stereocenters. The van der Waals surface area contributed by atoms with Crippen LogP contribution in [-0.4, -0.2) is 40.1 Å². The lowest BCUT2D eigenvalue weighted by atomic mass is 10.1. The number of hydrogen-bond donors (Lipinski definition) is 0. The molecule has 0 N–H and O–H groups in total.